The average molecular weight is 183 g/mol. The third-order valence-corrected chi connectivity index (χ3v) is 3.26. The molecule has 2 unspecified atom stereocenters. The first-order valence-corrected chi connectivity index (χ1v) is 5.43. The topological polar surface area (TPSA) is 21.3 Å². The predicted molar refractivity (Wildman–Crippen MR) is 53.7 cm³/mol. The van der Waals surface area contributed by atoms with Gasteiger partial charge in [0, 0.05) is 17.5 Å². The number of nitrogens with one attached hydrogen (secondary N) is 1. The number of rotatable bonds is 2. The van der Waals surface area contributed by atoms with E-state index in [1.165, 1.54) is 12.8 Å². The van der Waals surface area contributed by atoms with Crippen LogP contribution in [0.3, 0.4) is 0 Å². The lowest BCUT2D eigenvalue weighted by Gasteiger charge is -2.43. The van der Waals surface area contributed by atoms with Gasteiger partial charge in [0.05, 0.1) is 13.2 Å². The van der Waals surface area contributed by atoms with Crippen molar-refractivity contribution >= 4 is 0 Å². The van der Waals surface area contributed by atoms with E-state index in [1.54, 1.807) is 0 Å². The summed E-state index contributed by atoms with van der Waals surface area (Å²) in [5, 5.41) is 3.75. The third-order valence-electron chi connectivity index (χ3n) is 3.26. The van der Waals surface area contributed by atoms with Crippen LogP contribution in [0.5, 0.6) is 0 Å². The Balaban J connectivity index is 1.99. The van der Waals surface area contributed by atoms with Gasteiger partial charge in [0.2, 0.25) is 0 Å². The molecule has 1 N–H and O–H groups in total. The van der Waals surface area contributed by atoms with E-state index >= 15 is 0 Å². The van der Waals surface area contributed by atoms with Gasteiger partial charge in [-0.1, -0.05) is 20.8 Å². The van der Waals surface area contributed by atoms with Crippen molar-refractivity contribution in [3.05, 3.63) is 0 Å². The first-order valence-electron chi connectivity index (χ1n) is 5.43. The Kier molecular flexibility index (Phi) is 2.37. The van der Waals surface area contributed by atoms with Gasteiger partial charge in [-0.2, -0.15) is 0 Å². The van der Waals surface area contributed by atoms with Crippen LogP contribution >= 0.6 is 0 Å². The molecule has 2 atom stereocenters. The van der Waals surface area contributed by atoms with Crippen molar-refractivity contribution in [1.29, 1.82) is 0 Å². The molecule has 13 heavy (non-hydrogen) atoms. The highest BCUT2D eigenvalue weighted by Gasteiger charge is 2.40. The molecule has 1 saturated carbocycles. The van der Waals surface area contributed by atoms with Gasteiger partial charge < -0.3 is 10.1 Å². The lowest BCUT2D eigenvalue weighted by molar-refractivity contribution is -0.0471. The summed E-state index contributed by atoms with van der Waals surface area (Å²) < 4.78 is 5.59. The Labute approximate surface area is 81.0 Å². The molecule has 2 rings (SSSR count). The highest BCUT2D eigenvalue weighted by atomic mass is 16.5. The lowest BCUT2D eigenvalue weighted by atomic mass is 9.77. The predicted octanol–water partition coefficient (Wildman–Crippen LogP) is 1.80. The highest BCUT2D eigenvalue weighted by molar-refractivity contribution is 4.95. The molecule has 0 aromatic heterocycles. The van der Waals surface area contributed by atoms with Crippen molar-refractivity contribution in [2.24, 2.45) is 11.3 Å². The normalized spacial score (nSPS) is 39.0. The van der Waals surface area contributed by atoms with Gasteiger partial charge in [-0.3, -0.25) is 0 Å². The van der Waals surface area contributed by atoms with E-state index in [-0.39, 0.29) is 0 Å². The molecule has 0 aromatic carbocycles. The fourth-order valence-corrected chi connectivity index (χ4v) is 2.36. The molecule has 1 heterocycles. The van der Waals surface area contributed by atoms with Crippen molar-refractivity contribution in [1.82, 2.24) is 5.32 Å². The van der Waals surface area contributed by atoms with Gasteiger partial charge in [0.1, 0.15) is 0 Å². The minimum absolute atomic E-state index is 0.306. The Hall–Kier alpha value is -0.0800. The molecule has 0 radical (unpaired) electrons. The van der Waals surface area contributed by atoms with Gasteiger partial charge in [-0.05, 0) is 18.8 Å². The van der Waals surface area contributed by atoms with Crippen LogP contribution in [0.1, 0.15) is 33.6 Å². The van der Waals surface area contributed by atoms with Crippen LogP contribution in [0, 0.1) is 11.3 Å². The van der Waals surface area contributed by atoms with Crippen molar-refractivity contribution < 1.29 is 4.74 Å². The van der Waals surface area contributed by atoms with Gasteiger partial charge in [-0.15, -0.1) is 0 Å². The second-order valence-electron chi connectivity index (χ2n) is 5.40. The van der Waals surface area contributed by atoms with E-state index in [9.17, 15) is 0 Å². The van der Waals surface area contributed by atoms with Gasteiger partial charge in [-0.25, -0.2) is 0 Å². The first kappa shape index (κ1) is 9.47. The first-order chi connectivity index (χ1) is 6.09. The number of hydrogen-bond donors (Lipinski definition) is 1. The standard InChI is InChI=1S/C11H21NO/c1-8-6-13-7-11(2,3)10(8)12-9-4-5-9/h8-10,12H,4-7H2,1-3H3. The maximum Gasteiger partial charge on any atom is 0.0532 e. The van der Waals surface area contributed by atoms with Gasteiger partial charge in [0.25, 0.3) is 0 Å². The zero-order chi connectivity index (χ0) is 9.47. The fraction of sp³-hybridized carbons (Fsp3) is 1.00. The van der Waals surface area contributed by atoms with Crippen LogP contribution in [0.2, 0.25) is 0 Å². The van der Waals surface area contributed by atoms with E-state index in [0.29, 0.717) is 17.4 Å². The Morgan fingerprint density at radius 1 is 1.31 bits per heavy atom. The smallest absolute Gasteiger partial charge is 0.0532 e. The number of hydrogen-bond acceptors (Lipinski definition) is 2. The SMILES string of the molecule is CC1COCC(C)(C)C1NC1CC1. The van der Waals surface area contributed by atoms with E-state index in [1.807, 2.05) is 0 Å². The third kappa shape index (κ3) is 2.05. The molecule has 0 aromatic rings. The van der Waals surface area contributed by atoms with Crippen LogP contribution < -0.4 is 5.32 Å². The number of ether oxygens (including phenoxy) is 1. The Bertz CT molecular complexity index is 187. The van der Waals surface area contributed by atoms with E-state index < -0.39 is 0 Å². The van der Waals surface area contributed by atoms with Gasteiger partial charge >= 0.3 is 0 Å². The quantitative estimate of drug-likeness (QED) is 0.705. The molecule has 2 nitrogen and oxygen atoms in total. The zero-order valence-corrected chi connectivity index (χ0v) is 8.97. The molecule has 0 bridgehead atoms. The molecule has 2 heteroatoms. The minimum Gasteiger partial charge on any atom is -0.380 e. The molecule has 76 valence electrons. The Morgan fingerprint density at radius 2 is 2.00 bits per heavy atom. The fourth-order valence-electron chi connectivity index (χ4n) is 2.36. The van der Waals surface area contributed by atoms with E-state index in [2.05, 4.69) is 26.1 Å². The van der Waals surface area contributed by atoms with Crippen molar-refractivity contribution in [3.63, 3.8) is 0 Å². The summed E-state index contributed by atoms with van der Waals surface area (Å²) in [7, 11) is 0. The van der Waals surface area contributed by atoms with Crippen molar-refractivity contribution in [3.8, 4) is 0 Å². The summed E-state index contributed by atoms with van der Waals surface area (Å²) in [6, 6.07) is 1.46. The molecule has 0 spiro atoms. The monoisotopic (exact) mass is 183 g/mol. The minimum atomic E-state index is 0.306. The molecule has 1 aliphatic heterocycles. The molecular formula is C11H21NO. The Morgan fingerprint density at radius 3 is 2.54 bits per heavy atom. The second-order valence-corrected chi connectivity index (χ2v) is 5.40. The largest absolute Gasteiger partial charge is 0.380 e. The summed E-state index contributed by atoms with van der Waals surface area (Å²) >= 11 is 0. The molecule has 1 saturated heterocycles. The summed E-state index contributed by atoms with van der Waals surface area (Å²) in [6.07, 6.45) is 2.75. The second kappa shape index (κ2) is 3.25. The van der Waals surface area contributed by atoms with Crippen LogP contribution in [0.4, 0.5) is 0 Å². The van der Waals surface area contributed by atoms with Crippen LogP contribution in [0.15, 0.2) is 0 Å². The maximum atomic E-state index is 5.59. The van der Waals surface area contributed by atoms with E-state index in [0.717, 1.165) is 19.3 Å². The summed E-state index contributed by atoms with van der Waals surface area (Å²) in [4.78, 5) is 0. The molecule has 0 amide bonds. The van der Waals surface area contributed by atoms with Crippen LogP contribution in [0.25, 0.3) is 0 Å². The highest BCUT2D eigenvalue weighted by Crippen LogP contribution is 2.33. The average Bonchev–Trinajstić information content (AvgIpc) is 2.80. The summed E-state index contributed by atoms with van der Waals surface area (Å²) in [5.41, 5.74) is 0.306. The molecule has 2 fully saturated rings. The zero-order valence-electron chi connectivity index (χ0n) is 8.97. The van der Waals surface area contributed by atoms with Crippen LogP contribution in [-0.4, -0.2) is 25.3 Å². The summed E-state index contributed by atoms with van der Waals surface area (Å²) in [5.74, 6) is 0.657. The van der Waals surface area contributed by atoms with Crippen molar-refractivity contribution in [2.45, 2.75) is 45.7 Å². The lowest BCUT2D eigenvalue weighted by Crippen LogP contribution is -2.53. The summed E-state index contributed by atoms with van der Waals surface area (Å²) in [6.45, 7) is 8.74. The van der Waals surface area contributed by atoms with Gasteiger partial charge in [0.15, 0.2) is 0 Å². The molecular weight excluding hydrogens is 162 g/mol. The van der Waals surface area contributed by atoms with Crippen molar-refractivity contribution in [2.75, 3.05) is 13.2 Å². The molecule has 1 aliphatic carbocycles. The van der Waals surface area contributed by atoms with Crippen LogP contribution in [-0.2, 0) is 4.74 Å². The molecule has 2 aliphatic rings. The maximum absolute atomic E-state index is 5.59. The van der Waals surface area contributed by atoms with E-state index in [4.69, 9.17) is 4.74 Å².